The maximum absolute atomic E-state index is 5.66. The standard InChI is InChI=1S/C18H34N4O3.HI/c1-19-18(22-5-3-15(12-22)13-23-2)20-11-17(16-4-8-25-14-16)21-6-9-24-10-7-21;/h15-17H,3-14H2,1-2H3,(H,19,20);1H. The highest BCUT2D eigenvalue weighted by Crippen LogP contribution is 2.22. The van der Waals surface area contributed by atoms with Gasteiger partial charge in [0.1, 0.15) is 0 Å². The van der Waals surface area contributed by atoms with Crippen molar-refractivity contribution in [2.75, 3.05) is 79.9 Å². The molecule has 0 aromatic rings. The van der Waals surface area contributed by atoms with Crippen LogP contribution >= 0.6 is 24.0 Å². The van der Waals surface area contributed by atoms with E-state index in [1.165, 1.54) is 6.42 Å². The number of methoxy groups -OCH3 is 1. The first kappa shape index (κ1) is 22.1. The van der Waals surface area contributed by atoms with Gasteiger partial charge in [-0.2, -0.15) is 0 Å². The van der Waals surface area contributed by atoms with Gasteiger partial charge >= 0.3 is 0 Å². The zero-order valence-corrected chi connectivity index (χ0v) is 18.5. The predicted molar refractivity (Wildman–Crippen MR) is 113 cm³/mol. The first-order valence-corrected chi connectivity index (χ1v) is 9.66. The number of hydrogen-bond acceptors (Lipinski definition) is 5. The Labute approximate surface area is 174 Å². The zero-order valence-electron chi connectivity index (χ0n) is 16.2. The van der Waals surface area contributed by atoms with Crippen molar-refractivity contribution in [3.63, 3.8) is 0 Å². The predicted octanol–water partition coefficient (Wildman–Crippen LogP) is 0.885. The second kappa shape index (κ2) is 11.6. The third-order valence-corrected chi connectivity index (χ3v) is 5.69. The van der Waals surface area contributed by atoms with Gasteiger partial charge in [0.15, 0.2) is 5.96 Å². The molecule has 1 N–H and O–H groups in total. The molecule has 3 heterocycles. The second-order valence-electron chi connectivity index (χ2n) is 7.32. The number of aliphatic imine (C=N–C) groups is 1. The van der Waals surface area contributed by atoms with Crippen molar-refractivity contribution in [3.05, 3.63) is 0 Å². The summed E-state index contributed by atoms with van der Waals surface area (Å²) in [5, 5.41) is 3.65. The third kappa shape index (κ3) is 5.92. The van der Waals surface area contributed by atoms with Crippen molar-refractivity contribution in [1.82, 2.24) is 15.1 Å². The SMILES string of the molecule is CN=C(NCC(C1CCOC1)N1CCOCC1)N1CCC(COC)C1.I. The number of morpholine rings is 1. The van der Waals surface area contributed by atoms with Gasteiger partial charge in [-0.15, -0.1) is 24.0 Å². The summed E-state index contributed by atoms with van der Waals surface area (Å²) >= 11 is 0. The van der Waals surface area contributed by atoms with Gasteiger partial charge in [0, 0.05) is 71.4 Å². The summed E-state index contributed by atoms with van der Waals surface area (Å²) in [6.45, 7) is 9.32. The van der Waals surface area contributed by atoms with Crippen LogP contribution in [0, 0.1) is 11.8 Å². The average Bonchev–Trinajstić information content (AvgIpc) is 3.32. The van der Waals surface area contributed by atoms with Crippen LogP contribution in [-0.2, 0) is 14.2 Å². The molecule has 8 heteroatoms. The minimum Gasteiger partial charge on any atom is -0.384 e. The van der Waals surface area contributed by atoms with Gasteiger partial charge in [-0.25, -0.2) is 0 Å². The van der Waals surface area contributed by atoms with Crippen molar-refractivity contribution < 1.29 is 14.2 Å². The normalized spacial score (nSPS) is 28.8. The van der Waals surface area contributed by atoms with Crippen LogP contribution in [0.2, 0.25) is 0 Å². The van der Waals surface area contributed by atoms with E-state index < -0.39 is 0 Å². The first-order chi connectivity index (χ1) is 12.3. The maximum atomic E-state index is 5.66. The van der Waals surface area contributed by atoms with Crippen LogP contribution in [0.1, 0.15) is 12.8 Å². The monoisotopic (exact) mass is 482 g/mol. The Balaban J connectivity index is 0.00000243. The molecule has 3 aliphatic rings. The molecule has 0 spiro atoms. The Hall–Kier alpha value is -0.160. The summed E-state index contributed by atoms with van der Waals surface area (Å²) in [5.41, 5.74) is 0. The number of likely N-dealkylation sites (tertiary alicyclic amines) is 1. The van der Waals surface area contributed by atoms with Gasteiger partial charge in [-0.3, -0.25) is 9.89 Å². The Morgan fingerprint density at radius 2 is 2.00 bits per heavy atom. The molecule has 0 bridgehead atoms. The fraction of sp³-hybridized carbons (Fsp3) is 0.944. The second-order valence-corrected chi connectivity index (χ2v) is 7.32. The van der Waals surface area contributed by atoms with Crippen LogP contribution < -0.4 is 5.32 Å². The summed E-state index contributed by atoms with van der Waals surface area (Å²) < 4.78 is 16.5. The zero-order chi connectivity index (χ0) is 17.5. The molecule has 0 aromatic carbocycles. The number of nitrogens with zero attached hydrogens (tertiary/aromatic N) is 3. The Bertz CT molecular complexity index is 429. The van der Waals surface area contributed by atoms with E-state index in [0.717, 1.165) is 78.1 Å². The first-order valence-electron chi connectivity index (χ1n) is 9.66. The molecule has 3 unspecified atom stereocenters. The summed E-state index contributed by atoms with van der Waals surface area (Å²) in [5.74, 6) is 2.24. The van der Waals surface area contributed by atoms with E-state index in [1.807, 2.05) is 7.05 Å². The van der Waals surface area contributed by atoms with Gasteiger partial charge in [-0.1, -0.05) is 0 Å². The van der Waals surface area contributed by atoms with Gasteiger partial charge in [-0.05, 0) is 12.8 Å². The van der Waals surface area contributed by atoms with Crippen molar-refractivity contribution >= 4 is 29.9 Å². The van der Waals surface area contributed by atoms with Crippen LogP contribution in [0.25, 0.3) is 0 Å². The third-order valence-electron chi connectivity index (χ3n) is 5.69. The molecule has 0 aromatic heterocycles. The largest absolute Gasteiger partial charge is 0.384 e. The number of nitrogens with one attached hydrogen (secondary N) is 1. The number of guanidine groups is 1. The van der Waals surface area contributed by atoms with Crippen LogP contribution in [0.4, 0.5) is 0 Å². The van der Waals surface area contributed by atoms with Crippen LogP contribution in [0.3, 0.4) is 0 Å². The molecule has 3 saturated heterocycles. The molecular weight excluding hydrogens is 447 g/mol. The van der Waals surface area contributed by atoms with E-state index in [2.05, 4.69) is 20.1 Å². The fourth-order valence-corrected chi connectivity index (χ4v) is 4.28. The van der Waals surface area contributed by atoms with E-state index in [1.54, 1.807) is 7.11 Å². The highest BCUT2D eigenvalue weighted by atomic mass is 127. The quantitative estimate of drug-likeness (QED) is 0.345. The minimum atomic E-state index is 0. The molecule has 0 radical (unpaired) electrons. The van der Waals surface area contributed by atoms with Gasteiger partial charge in [0.2, 0.25) is 0 Å². The smallest absolute Gasteiger partial charge is 0.193 e. The molecule has 7 nitrogen and oxygen atoms in total. The molecule has 152 valence electrons. The number of halogens is 1. The van der Waals surface area contributed by atoms with Crippen molar-refractivity contribution in [3.8, 4) is 0 Å². The summed E-state index contributed by atoms with van der Waals surface area (Å²) in [4.78, 5) is 9.46. The molecule has 3 atom stereocenters. The van der Waals surface area contributed by atoms with Gasteiger partial charge in [0.05, 0.1) is 26.4 Å². The number of rotatable bonds is 6. The molecule has 3 fully saturated rings. The molecule has 0 amide bonds. The van der Waals surface area contributed by atoms with Crippen molar-refractivity contribution in [1.29, 1.82) is 0 Å². The molecule has 3 rings (SSSR count). The lowest BCUT2D eigenvalue weighted by molar-refractivity contribution is 0.00235. The Morgan fingerprint density at radius 1 is 1.19 bits per heavy atom. The van der Waals surface area contributed by atoms with E-state index in [4.69, 9.17) is 14.2 Å². The van der Waals surface area contributed by atoms with Crippen LogP contribution in [0.5, 0.6) is 0 Å². The number of ether oxygens (including phenoxy) is 3. The van der Waals surface area contributed by atoms with Gasteiger partial charge in [0.25, 0.3) is 0 Å². The van der Waals surface area contributed by atoms with Crippen LogP contribution in [0.15, 0.2) is 4.99 Å². The van der Waals surface area contributed by atoms with Crippen molar-refractivity contribution in [2.24, 2.45) is 16.8 Å². The summed E-state index contributed by atoms with van der Waals surface area (Å²) in [6, 6.07) is 0.487. The summed E-state index contributed by atoms with van der Waals surface area (Å²) in [6.07, 6.45) is 2.33. The molecule has 3 aliphatic heterocycles. The number of hydrogen-bond donors (Lipinski definition) is 1. The Kier molecular flexibility index (Phi) is 9.90. The molecule has 0 saturated carbocycles. The van der Waals surface area contributed by atoms with Crippen molar-refractivity contribution in [2.45, 2.75) is 18.9 Å². The molecular formula is C18H35IN4O3. The van der Waals surface area contributed by atoms with Crippen LogP contribution in [-0.4, -0.2) is 102 Å². The minimum absolute atomic E-state index is 0. The highest BCUT2D eigenvalue weighted by Gasteiger charge is 2.32. The highest BCUT2D eigenvalue weighted by molar-refractivity contribution is 14.0. The lowest BCUT2D eigenvalue weighted by Crippen LogP contribution is -2.54. The maximum Gasteiger partial charge on any atom is 0.193 e. The average molecular weight is 482 g/mol. The molecule has 0 aliphatic carbocycles. The van der Waals surface area contributed by atoms with E-state index >= 15 is 0 Å². The topological polar surface area (TPSA) is 58.6 Å². The van der Waals surface area contributed by atoms with E-state index in [-0.39, 0.29) is 24.0 Å². The lowest BCUT2D eigenvalue weighted by atomic mass is 9.97. The van der Waals surface area contributed by atoms with E-state index in [9.17, 15) is 0 Å². The Morgan fingerprint density at radius 3 is 2.65 bits per heavy atom. The molecule has 26 heavy (non-hydrogen) atoms. The van der Waals surface area contributed by atoms with E-state index in [0.29, 0.717) is 17.9 Å². The fourth-order valence-electron chi connectivity index (χ4n) is 4.28. The lowest BCUT2D eigenvalue weighted by Gasteiger charge is -2.38. The summed E-state index contributed by atoms with van der Waals surface area (Å²) in [7, 11) is 3.67. The van der Waals surface area contributed by atoms with Gasteiger partial charge < -0.3 is 24.4 Å².